The van der Waals surface area contributed by atoms with Crippen LogP contribution in [-0.4, -0.2) is 14.1 Å². The minimum absolute atomic E-state index is 0.226. The van der Waals surface area contributed by atoms with E-state index in [1.807, 2.05) is 59.2 Å². The van der Waals surface area contributed by atoms with Gasteiger partial charge < -0.3 is 0 Å². The number of aryl methyl sites for hydroxylation is 2. The molecule has 6 aromatic carbocycles. The van der Waals surface area contributed by atoms with Crippen LogP contribution in [0.5, 0.6) is 0 Å². The van der Waals surface area contributed by atoms with Gasteiger partial charge in [0, 0.05) is 21.1 Å². The average Bonchev–Trinajstić information content (AvgIpc) is 3.85. The van der Waals surface area contributed by atoms with Crippen LogP contribution in [0.1, 0.15) is 36.0 Å². The third-order valence-electron chi connectivity index (χ3n) is 10.2. The lowest BCUT2D eigenvalue weighted by Gasteiger charge is -2.34. The lowest BCUT2D eigenvalue weighted by atomic mass is 9.67. The van der Waals surface area contributed by atoms with Gasteiger partial charge in [-0.2, -0.15) is 4.57 Å². The fourth-order valence-electron chi connectivity index (χ4n) is 8.22. The molecule has 49 heavy (non-hydrogen) atoms. The van der Waals surface area contributed by atoms with E-state index in [1.165, 1.54) is 4.57 Å². The highest BCUT2D eigenvalue weighted by molar-refractivity contribution is 6.09. The molecule has 0 aliphatic heterocycles. The lowest BCUT2D eigenvalue weighted by Crippen LogP contribution is -2.29. The molecule has 4 nitrogen and oxygen atoms in total. The smallest absolute Gasteiger partial charge is 0.249 e. The highest BCUT2D eigenvalue weighted by atomic mass is 15.1. The highest BCUT2D eigenvalue weighted by Crippen LogP contribution is 2.56. The first-order valence-electron chi connectivity index (χ1n) is 19.4. The minimum atomic E-state index is -2.36. The van der Waals surface area contributed by atoms with Gasteiger partial charge in [0.1, 0.15) is 11.5 Å². The summed E-state index contributed by atoms with van der Waals surface area (Å²) in [6.45, 7) is -4.65. The van der Waals surface area contributed by atoms with Crippen LogP contribution in [0, 0.1) is 6.85 Å². The summed E-state index contributed by atoms with van der Waals surface area (Å²) in [6.07, 6.45) is 3.24. The lowest BCUT2D eigenvalue weighted by molar-refractivity contribution is -0.645. The minimum Gasteiger partial charge on any atom is -0.294 e. The number of nitrogens with zero attached hydrogens (tertiary/aromatic N) is 4. The Bertz CT molecular complexity index is 2940. The number of rotatable bonds is 4. The largest absolute Gasteiger partial charge is 0.294 e. The number of aromatic nitrogens is 4. The molecule has 0 bridgehead atoms. The molecule has 0 N–H and O–H groups in total. The predicted octanol–water partition coefficient (Wildman–Crippen LogP) is 9.62. The van der Waals surface area contributed by atoms with Crippen LogP contribution in [0.25, 0.3) is 55.5 Å². The second-order valence-electron chi connectivity index (χ2n) is 12.7. The normalized spacial score (nSPS) is 15.6. The molecule has 1 aliphatic rings. The first-order valence-corrected chi connectivity index (χ1v) is 16.4. The maximum absolute atomic E-state index is 8.29. The molecule has 4 heteroatoms. The molecule has 0 atom stereocenters. The van der Waals surface area contributed by atoms with Crippen molar-refractivity contribution in [2.45, 2.75) is 12.3 Å². The number of hydrogen-bond donors (Lipinski definition) is 0. The Hall–Kier alpha value is -6.26. The number of pyridine rings is 1. The number of hydrogen-bond acceptors (Lipinski definition) is 1. The van der Waals surface area contributed by atoms with Crippen molar-refractivity contribution in [2.75, 3.05) is 0 Å². The third kappa shape index (κ3) is 3.86. The van der Waals surface area contributed by atoms with Crippen molar-refractivity contribution in [3.63, 3.8) is 0 Å². The van der Waals surface area contributed by atoms with E-state index in [2.05, 4.69) is 89.5 Å². The molecular weight excluding hydrogens is 597 g/mol. The Morgan fingerprint density at radius 1 is 0.612 bits per heavy atom. The Labute approximate surface area is 293 Å². The molecule has 0 unspecified atom stereocenters. The van der Waals surface area contributed by atoms with Gasteiger partial charge in [-0.1, -0.05) is 103 Å². The van der Waals surface area contributed by atoms with Gasteiger partial charge in [-0.05, 0) is 94.3 Å². The molecule has 0 saturated carbocycles. The van der Waals surface area contributed by atoms with Crippen molar-refractivity contribution < 1.29 is 12.8 Å². The summed E-state index contributed by atoms with van der Waals surface area (Å²) in [7, 11) is 0. The molecular formula is C45H33N4+. The Balaban J connectivity index is 1.29. The fourth-order valence-corrected chi connectivity index (χ4v) is 8.22. The SMILES string of the molecule is [2H]C([2H])([2H])c1ccnc(-n2c3ccccc3c3ccc(C4(c5cccc(-n6c[n+](C([2H])([2H])[2H])c7ccccc76)c5)c5ccccc5-c5ccccc54)cc32)c1. The Morgan fingerprint density at radius 2 is 1.33 bits per heavy atom. The quantitative estimate of drug-likeness (QED) is 0.177. The molecule has 0 spiro atoms. The fraction of sp³-hybridized carbons (Fsp3) is 0.0667. The van der Waals surface area contributed by atoms with E-state index < -0.39 is 19.2 Å². The van der Waals surface area contributed by atoms with Crippen LogP contribution in [0.2, 0.25) is 0 Å². The monoisotopic (exact) mass is 635 g/mol. The molecule has 0 fully saturated rings. The standard InChI is InChI=1S/C45H33N4/c1-30-24-25-46-44(26-30)49-40-19-8-5-16-36(40)37-23-22-32(28-43(37)49)45(38-17-6-3-14-34(38)35-15-4-7-18-39(35)45)31-12-11-13-33(27-31)48-29-47(2)41-20-9-10-21-42(41)48/h3-29H,1-2H3/q+1/i1D3,2D3. The summed E-state index contributed by atoms with van der Waals surface area (Å²) >= 11 is 0. The molecule has 0 saturated heterocycles. The summed E-state index contributed by atoms with van der Waals surface area (Å²) in [5.41, 5.74) is 10.1. The number of para-hydroxylation sites is 3. The highest BCUT2D eigenvalue weighted by Gasteiger charge is 2.46. The summed E-state index contributed by atoms with van der Waals surface area (Å²) in [5, 5.41) is 2.06. The number of imidazole rings is 1. The van der Waals surface area contributed by atoms with Crippen LogP contribution < -0.4 is 4.57 Å². The average molecular weight is 636 g/mol. The van der Waals surface area contributed by atoms with E-state index >= 15 is 0 Å². The summed E-state index contributed by atoms with van der Waals surface area (Å²) < 4.78 is 54.7. The van der Waals surface area contributed by atoms with E-state index in [0.717, 1.165) is 66.4 Å². The number of benzene rings is 6. The maximum Gasteiger partial charge on any atom is 0.249 e. The zero-order valence-corrected chi connectivity index (χ0v) is 26.4. The van der Waals surface area contributed by atoms with Gasteiger partial charge >= 0.3 is 0 Å². The topological polar surface area (TPSA) is 26.6 Å². The second kappa shape index (κ2) is 10.4. The molecule has 9 aromatic rings. The molecule has 0 amide bonds. The van der Waals surface area contributed by atoms with E-state index in [1.54, 1.807) is 24.7 Å². The molecule has 10 rings (SSSR count). The van der Waals surface area contributed by atoms with Crippen LogP contribution in [0.3, 0.4) is 0 Å². The van der Waals surface area contributed by atoms with Gasteiger partial charge in [0.2, 0.25) is 6.33 Å². The van der Waals surface area contributed by atoms with Gasteiger partial charge in [-0.3, -0.25) is 4.57 Å². The van der Waals surface area contributed by atoms with Crippen molar-refractivity contribution in [3.8, 4) is 22.6 Å². The van der Waals surface area contributed by atoms with E-state index in [-0.39, 0.29) is 5.56 Å². The predicted molar refractivity (Wildman–Crippen MR) is 199 cm³/mol. The molecule has 3 heterocycles. The summed E-state index contributed by atoms with van der Waals surface area (Å²) in [6, 6.07) is 51.0. The summed E-state index contributed by atoms with van der Waals surface area (Å²) in [5.74, 6) is 0.530. The van der Waals surface area contributed by atoms with Crippen LogP contribution in [0.4, 0.5) is 0 Å². The van der Waals surface area contributed by atoms with Gasteiger partial charge in [0.15, 0.2) is 11.0 Å². The van der Waals surface area contributed by atoms with Crippen LogP contribution in [0.15, 0.2) is 164 Å². The number of fused-ring (bicyclic) bond motifs is 7. The van der Waals surface area contributed by atoms with Crippen LogP contribution >= 0.6 is 0 Å². The molecule has 1 aliphatic carbocycles. The van der Waals surface area contributed by atoms with E-state index in [4.69, 9.17) is 13.2 Å². The zero-order valence-electron chi connectivity index (χ0n) is 32.4. The maximum atomic E-state index is 8.29. The summed E-state index contributed by atoms with van der Waals surface area (Å²) in [4.78, 5) is 4.73. The zero-order chi connectivity index (χ0) is 37.7. The van der Waals surface area contributed by atoms with E-state index in [0.29, 0.717) is 11.3 Å². The van der Waals surface area contributed by atoms with Gasteiger partial charge in [-0.15, -0.1) is 0 Å². The van der Waals surface area contributed by atoms with Crippen LogP contribution in [-0.2, 0) is 12.4 Å². The van der Waals surface area contributed by atoms with Crippen molar-refractivity contribution in [3.05, 3.63) is 192 Å². The molecule has 0 radical (unpaired) electrons. The van der Waals surface area contributed by atoms with Gasteiger partial charge in [0.25, 0.3) is 0 Å². The van der Waals surface area contributed by atoms with Crippen molar-refractivity contribution in [1.29, 1.82) is 0 Å². The third-order valence-corrected chi connectivity index (χ3v) is 10.2. The van der Waals surface area contributed by atoms with Gasteiger partial charge in [-0.25, -0.2) is 9.55 Å². The van der Waals surface area contributed by atoms with Crippen molar-refractivity contribution in [2.24, 2.45) is 6.98 Å². The van der Waals surface area contributed by atoms with Crippen molar-refractivity contribution in [1.82, 2.24) is 14.1 Å². The Morgan fingerprint density at radius 3 is 2.14 bits per heavy atom. The first kappa shape index (κ1) is 22.3. The van der Waals surface area contributed by atoms with E-state index in [9.17, 15) is 0 Å². The van der Waals surface area contributed by atoms with Gasteiger partial charge in [0.05, 0.1) is 27.5 Å². The van der Waals surface area contributed by atoms with Crippen molar-refractivity contribution >= 4 is 32.8 Å². The molecule has 232 valence electrons. The first-order chi connectivity index (χ1) is 26.5. The molecule has 3 aromatic heterocycles. The second-order valence-corrected chi connectivity index (χ2v) is 12.7. The Kier molecular flexibility index (Phi) is 4.73.